The molecule has 0 aliphatic heterocycles. The maximum absolute atomic E-state index is 3.58. The number of aryl methyl sites for hydroxylation is 1. The first-order valence-electron chi connectivity index (χ1n) is 6.52. The molecule has 1 aliphatic rings. The van der Waals surface area contributed by atoms with E-state index in [2.05, 4.69) is 55.6 Å². The van der Waals surface area contributed by atoms with Crippen LogP contribution in [0.3, 0.4) is 0 Å². The standard InChI is InChI=1S/C16H21N/c1-3-12-17-16-11-7-6-10-15(16)14-9-5-4-8-13(14)2/h4-6,8-10,17H,3,7,11-12H2,1-2H3. The number of hydrogen-bond acceptors (Lipinski definition) is 1. The summed E-state index contributed by atoms with van der Waals surface area (Å²) in [6.07, 6.45) is 8.01. The minimum Gasteiger partial charge on any atom is -0.388 e. The monoisotopic (exact) mass is 227 g/mol. The molecule has 0 saturated heterocycles. The summed E-state index contributed by atoms with van der Waals surface area (Å²) in [5.41, 5.74) is 5.50. The van der Waals surface area contributed by atoms with E-state index in [1.165, 1.54) is 28.8 Å². The first kappa shape index (κ1) is 12.0. The maximum atomic E-state index is 3.58. The van der Waals surface area contributed by atoms with Crippen LogP contribution in [0.5, 0.6) is 0 Å². The van der Waals surface area contributed by atoms with Crippen LogP contribution in [0.25, 0.3) is 5.57 Å². The molecule has 1 aliphatic carbocycles. The Balaban J connectivity index is 2.35. The lowest BCUT2D eigenvalue weighted by molar-refractivity contribution is 0.727. The van der Waals surface area contributed by atoms with Gasteiger partial charge in [-0.3, -0.25) is 0 Å². The van der Waals surface area contributed by atoms with Gasteiger partial charge in [-0.2, -0.15) is 0 Å². The van der Waals surface area contributed by atoms with Crippen LogP contribution in [-0.4, -0.2) is 6.54 Å². The third-order valence-corrected chi connectivity index (χ3v) is 3.19. The summed E-state index contributed by atoms with van der Waals surface area (Å²) in [5.74, 6) is 0. The van der Waals surface area contributed by atoms with E-state index in [9.17, 15) is 0 Å². The predicted octanol–water partition coefficient (Wildman–Crippen LogP) is 4.06. The molecule has 0 bridgehead atoms. The van der Waals surface area contributed by atoms with Crippen LogP contribution in [0.1, 0.15) is 37.3 Å². The maximum Gasteiger partial charge on any atom is 0.0189 e. The highest BCUT2D eigenvalue weighted by molar-refractivity contribution is 5.79. The molecule has 0 radical (unpaired) electrons. The largest absolute Gasteiger partial charge is 0.388 e. The van der Waals surface area contributed by atoms with Crippen LogP contribution in [0, 0.1) is 6.92 Å². The van der Waals surface area contributed by atoms with Crippen molar-refractivity contribution in [3.8, 4) is 0 Å². The summed E-state index contributed by atoms with van der Waals surface area (Å²) in [5, 5.41) is 3.58. The molecule has 1 nitrogen and oxygen atoms in total. The predicted molar refractivity (Wildman–Crippen MR) is 74.8 cm³/mol. The molecule has 0 spiro atoms. The van der Waals surface area contributed by atoms with Crippen LogP contribution in [0.15, 0.2) is 42.1 Å². The molecule has 0 unspecified atom stereocenters. The fourth-order valence-corrected chi connectivity index (χ4v) is 2.25. The van der Waals surface area contributed by atoms with Crippen molar-refractivity contribution in [1.29, 1.82) is 0 Å². The molecule has 0 saturated carbocycles. The van der Waals surface area contributed by atoms with Gasteiger partial charge in [-0.15, -0.1) is 0 Å². The second kappa shape index (κ2) is 5.72. The highest BCUT2D eigenvalue weighted by Crippen LogP contribution is 2.28. The van der Waals surface area contributed by atoms with Crippen molar-refractivity contribution in [2.45, 2.75) is 33.1 Å². The van der Waals surface area contributed by atoms with E-state index in [4.69, 9.17) is 0 Å². The van der Waals surface area contributed by atoms with Gasteiger partial charge in [0.2, 0.25) is 0 Å². The summed E-state index contributed by atoms with van der Waals surface area (Å²) < 4.78 is 0. The van der Waals surface area contributed by atoms with Crippen LogP contribution in [0.2, 0.25) is 0 Å². The van der Waals surface area contributed by atoms with Gasteiger partial charge in [0, 0.05) is 17.8 Å². The van der Waals surface area contributed by atoms with E-state index < -0.39 is 0 Å². The van der Waals surface area contributed by atoms with E-state index in [1.807, 2.05) is 0 Å². The van der Waals surface area contributed by atoms with Crippen molar-refractivity contribution in [3.63, 3.8) is 0 Å². The molecule has 90 valence electrons. The summed E-state index contributed by atoms with van der Waals surface area (Å²) in [7, 11) is 0. The van der Waals surface area contributed by atoms with E-state index >= 15 is 0 Å². The molecule has 1 aromatic carbocycles. The van der Waals surface area contributed by atoms with Crippen molar-refractivity contribution in [2.75, 3.05) is 6.54 Å². The Kier molecular flexibility index (Phi) is 4.03. The zero-order chi connectivity index (χ0) is 12.1. The van der Waals surface area contributed by atoms with Gasteiger partial charge >= 0.3 is 0 Å². The Morgan fingerprint density at radius 2 is 2.06 bits per heavy atom. The molecule has 1 N–H and O–H groups in total. The fourth-order valence-electron chi connectivity index (χ4n) is 2.25. The number of allylic oxidation sites excluding steroid dienone is 4. The summed E-state index contributed by atoms with van der Waals surface area (Å²) in [4.78, 5) is 0. The van der Waals surface area contributed by atoms with Gasteiger partial charge < -0.3 is 5.32 Å². The van der Waals surface area contributed by atoms with Gasteiger partial charge in [0.25, 0.3) is 0 Å². The zero-order valence-corrected chi connectivity index (χ0v) is 10.8. The van der Waals surface area contributed by atoms with Crippen LogP contribution in [0.4, 0.5) is 0 Å². The van der Waals surface area contributed by atoms with Crippen molar-refractivity contribution in [3.05, 3.63) is 53.2 Å². The van der Waals surface area contributed by atoms with Gasteiger partial charge in [-0.25, -0.2) is 0 Å². The Hall–Kier alpha value is -1.50. The van der Waals surface area contributed by atoms with Gasteiger partial charge in [-0.05, 0) is 37.3 Å². The second-order valence-electron chi connectivity index (χ2n) is 4.57. The van der Waals surface area contributed by atoms with Crippen molar-refractivity contribution in [1.82, 2.24) is 5.32 Å². The zero-order valence-electron chi connectivity index (χ0n) is 10.8. The second-order valence-corrected chi connectivity index (χ2v) is 4.57. The molecule has 2 rings (SSSR count). The summed E-state index contributed by atoms with van der Waals surface area (Å²) in [6, 6.07) is 8.62. The summed E-state index contributed by atoms with van der Waals surface area (Å²) in [6.45, 7) is 5.46. The molecular weight excluding hydrogens is 206 g/mol. The lowest BCUT2D eigenvalue weighted by Gasteiger charge is -2.19. The van der Waals surface area contributed by atoms with E-state index in [1.54, 1.807) is 0 Å². The number of hydrogen-bond donors (Lipinski definition) is 1. The highest BCUT2D eigenvalue weighted by atomic mass is 14.9. The van der Waals surface area contributed by atoms with Crippen molar-refractivity contribution in [2.24, 2.45) is 0 Å². The molecule has 0 aromatic heterocycles. The lowest BCUT2D eigenvalue weighted by atomic mass is 9.93. The van der Waals surface area contributed by atoms with Crippen molar-refractivity contribution >= 4 is 5.57 Å². The van der Waals surface area contributed by atoms with Crippen LogP contribution >= 0.6 is 0 Å². The lowest BCUT2D eigenvalue weighted by Crippen LogP contribution is -2.17. The third-order valence-electron chi connectivity index (χ3n) is 3.19. The molecule has 0 amide bonds. The molecule has 0 fully saturated rings. The van der Waals surface area contributed by atoms with E-state index in [0.717, 1.165) is 19.4 Å². The third kappa shape index (κ3) is 2.79. The van der Waals surface area contributed by atoms with E-state index in [0.29, 0.717) is 0 Å². The van der Waals surface area contributed by atoms with Crippen LogP contribution < -0.4 is 5.32 Å². The molecular formula is C16H21N. The molecule has 17 heavy (non-hydrogen) atoms. The number of benzene rings is 1. The summed E-state index contributed by atoms with van der Waals surface area (Å²) >= 11 is 0. The minimum absolute atomic E-state index is 1.07. The quantitative estimate of drug-likeness (QED) is 0.818. The average Bonchev–Trinajstić information content (AvgIpc) is 2.37. The first-order valence-corrected chi connectivity index (χ1v) is 6.52. The smallest absolute Gasteiger partial charge is 0.0189 e. The Bertz CT molecular complexity index is 441. The molecule has 0 atom stereocenters. The Morgan fingerprint density at radius 3 is 2.82 bits per heavy atom. The van der Waals surface area contributed by atoms with E-state index in [-0.39, 0.29) is 0 Å². The molecule has 1 heteroatoms. The number of rotatable bonds is 4. The fraction of sp³-hybridized carbons (Fsp3) is 0.375. The van der Waals surface area contributed by atoms with Gasteiger partial charge in [0.15, 0.2) is 0 Å². The topological polar surface area (TPSA) is 12.0 Å². The van der Waals surface area contributed by atoms with Gasteiger partial charge in [-0.1, -0.05) is 43.3 Å². The first-order chi connectivity index (χ1) is 8.33. The normalized spacial score (nSPS) is 15.2. The molecule has 0 heterocycles. The van der Waals surface area contributed by atoms with Gasteiger partial charge in [0.05, 0.1) is 0 Å². The average molecular weight is 227 g/mol. The SMILES string of the molecule is CCCNC1=C(c2ccccc2C)C=CCC1. The molecule has 1 aromatic rings. The number of nitrogens with one attached hydrogen (secondary N) is 1. The van der Waals surface area contributed by atoms with Gasteiger partial charge in [0.1, 0.15) is 0 Å². The van der Waals surface area contributed by atoms with Crippen molar-refractivity contribution < 1.29 is 0 Å². The Labute approximate surface area is 104 Å². The highest BCUT2D eigenvalue weighted by Gasteiger charge is 2.11. The van der Waals surface area contributed by atoms with Crippen LogP contribution in [-0.2, 0) is 0 Å². The Morgan fingerprint density at radius 1 is 1.24 bits per heavy atom. The minimum atomic E-state index is 1.07.